The summed E-state index contributed by atoms with van der Waals surface area (Å²) in [6.07, 6.45) is -0.417. The molecule has 1 aliphatic heterocycles. The third-order valence-electron chi connectivity index (χ3n) is 3.80. The van der Waals surface area contributed by atoms with E-state index in [0.29, 0.717) is 52.4 Å². The van der Waals surface area contributed by atoms with Crippen LogP contribution >= 0.6 is 23.2 Å². The Morgan fingerprint density at radius 2 is 2.08 bits per heavy atom. The fourth-order valence-corrected chi connectivity index (χ4v) is 3.33. The first-order valence-electron chi connectivity index (χ1n) is 7.55. The summed E-state index contributed by atoms with van der Waals surface area (Å²) in [7, 11) is 1.52. The molecular formula is C16H16Cl2N4O3. The Hall–Kier alpha value is -2.25. The van der Waals surface area contributed by atoms with Crippen LogP contribution in [0.15, 0.2) is 12.1 Å². The second-order valence-corrected chi connectivity index (χ2v) is 6.22. The Bertz CT molecular complexity index is 845. The van der Waals surface area contributed by atoms with Gasteiger partial charge in [0.05, 0.1) is 48.8 Å². The zero-order valence-corrected chi connectivity index (χ0v) is 15.2. The molecule has 2 heterocycles. The zero-order chi connectivity index (χ0) is 18.1. The van der Waals surface area contributed by atoms with Gasteiger partial charge in [0.25, 0.3) is 0 Å². The standard InChI is InChI=1S/C16H16Cl2N4O3/c1-3-25-16(23)22-6-9-11(7-22)20-15(19)21-14(9)13-10(18)4-8(17)5-12(13)24-2/h4-5H,3,6-7H2,1-2H3,(H2,19,20,21). The molecule has 0 fully saturated rings. The molecule has 132 valence electrons. The smallest absolute Gasteiger partial charge is 0.410 e. The summed E-state index contributed by atoms with van der Waals surface area (Å²) < 4.78 is 10.5. The number of carbonyl (C=O) groups excluding carboxylic acids is 1. The molecule has 0 radical (unpaired) electrons. The number of nitrogen functional groups attached to an aromatic ring is 1. The van der Waals surface area contributed by atoms with Gasteiger partial charge in [0.1, 0.15) is 5.75 Å². The molecule has 3 rings (SSSR count). The van der Waals surface area contributed by atoms with E-state index in [1.54, 1.807) is 19.1 Å². The van der Waals surface area contributed by atoms with Gasteiger partial charge in [-0.05, 0) is 19.1 Å². The van der Waals surface area contributed by atoms with Gasteiger partial charge < -0.3 is 15.2 Å². The lowest BCUT2D eigenvalue weighted by atomic mass is 10.0. The highest BCUT2D eigenvalue weighted by Gasteiger charge is 2.31. The third kappa shape index (κ3) is 3.29. The first kappa shape index (κ1) is 17.6. The minimum Gasteiger partial charge on any atom is -0.496 e. The first-order valence-corrected chi connectivity index (χ1v) is 8.30. The van der Waals surface area contributed by atoms with Crippen molar-refractivity contribution in [1.29, 1.82) is 0 Å². The summed E-state index contributed by atoms with van der Waals surface area (Å²) in [5.41, 5.74) is 8.35. The molecule has 0 saturated carbocycles. The number of anilines is 1. The van der Waals surface area contributed by atoms with Crippen LogP contribution in [0.4, 0.5) is 10.7 Å². The normalized spacial score (nSPS) is 12.9. The molecule has 0 atom stereocenters. The van der Waals surface area contributed by atoms with Crippen molar-refractivity contribution in [3.63, 3.8) is 0 Å². The van der Waals surface area contributed by atoms with E-state index < -0.39 is 6.09 Å². The second-order valence-electron chi connectivity index (χ2n) is 5.38. The van der Waals surface area contributed by atoms with Crippen LogP contribution in [0.2, 0.25) is 10.0 Å². The van der Waals surface area contributed by atoms with Crippen molar-refractivity contribution >= 4 is 35.2 Å². The Morgan fingerprint density at radius 1 is 1.32 bits per heavy atom. The molecule has 2 N–H and O–H groups in total. The van der Waals surface area contributed by atoms with E-state index in [4.69, 9.17) is 38.4 Å². The van der Waals surface area contributed by atoms with Crippen LogP contribution in [0, 0.1) is 0 Å². The number of halogens is 2. The van der Waals surface area contributed by atoms with Crippen molar-refractivity contribution in [2.75, 3.05) is 19.5 Å². The molecule has 0 saturated heterocycles. The van der Waals surface area contributed by atoms with E-state index in [0.717, 1.165) is 5.56 Å². The number of rotatable bonds is 3. The van der Waals surface area contributed by atoms with Crippen molar-refractivity contribution in [3.8, 4) is 17.0 Å². The summed E-state index contributed by atoms with van der Waals surface area (Å²) in [6.45, 7) is 2.64. The maximum atomic E-state index is 12.0. The fraction of sp³-hybridized carbons (Fsp3) is 0.312. The molecule has 0 bridgehead atoms. The maximum Gasteiger partial charge on any atom is 0.410 e. The number of nitrogens with two attached hydrogens (primary N) is 1. The Labute approximate surface area is 154 Å². The highest BCUT2D eigenvalue weighted by Crippen LogP contribution is 2.42. The number of fused-ring (bicyclic) bond motifs is 1. The van der Waals surface area contributed by atoms with E-state index in [2.05, 4.69) is 9.97 Å². The molecule has 2 aromatic rings. The van der Waals surface area contributed by atoms with Crippen LogP contribution in [-0.4, -0.2) is 34.7 Å². The first-order chi connectivity index (χ1) is 11.9. The number of aromatic nitrogens is 2. The predicted molar refractivity (Wildman–Crippen MR) is 94.7 cm³/mol. The molecule has 1 aromatic heterocycles. The molecular weight excluding hydrogens is 367 g/mol. The van der Waals surface area contributed by atoms with Crippen LogP contribution in [0.25, 0.3) is 11.3 Å². The molecule has 25 heavy (non-hydrogen) atoms. The van der Waals surface area contributed by atoms with Gasteiger partial charge in [0.15, 0.2) is 0 Å². The molecule has 0 spiro atoms. The van der Waals surface area contributed by atoms with Crippen LogP contribution in [0.5, 0.6) is 5.75 Å². The van der Waals surface area contributed by atoms with Gasteiger partial charge in [-0.1, -0.05) is 23.2 Å². The maximum absolute atomic E-state index is 12.0. The lowest BCUT2D eigenvalue weighted by Crippen LogP contribution is -2.26. The second kappa shape index (κ2) is 6.93. The SMILES string of the molecule is CCOC(=O)N1Cc2nc(N)nc(-c3c(Cl)cc(Cl)cc3OC)c2C1. The van der Waals surface area contributed by atoms with Gasteiger partial charge in [0.2, 0.25) is 5.95 Å². The van der Waals surface area contributed by atoms with Gasteiger partial charge >= 0.3 is 6.09 Å². The van der Waals surface area contributed by atoms with Crippen molar-refractivity contribution in [1.82, 2.24) is 14.9 Å². The summed E-state index contributed by atoms with van der Waals surface area (Å²) in [5.74, 6) is 0.555. The van der Waals surface area contributed by atoms with E-state index in [-0.39, 0.29) is 5.95 Å². The number of amides is 1. The monoisotopic (exact) mass is 382 g/mol. The number of benzene rings is 1. The van der Waals surface area contributed by atoms with Gasteiger partial charge in [-0.15, -0.1) is 0 Å². The number of ether oxygens (including phenoxy) is 2. The molecule has 0 unspecified atom stereocenters. The van der Waals surface area contributed by atoms with Gasteiger partial charge in [-0.3, -0.25) is 4.90 Å². The molecule has 1 aliphatic rings. The number of carbonyl (C=O) groups is 1. The molecule has 1 aromatic carbocycles. The highest BCUT2D eigenvalue weighted by atomic mass is 35.5. The number of hydrogen-bond donors (Lipinski definition) is 1. The van der Waals surface area contributed by atoms with Gasteiger partial charge in [-0.25, -0.2) is 14.8 Å². The zero-order valence-electron chi connectivity index (χ0n) is 13.7. The molecule has 9 heteroatoms. The van der Waals surface area contributed by atoms with Crippen LogP contribution in [-0.2, 0) is 17.8 Å². The van der Waals surface area contributed by atoms with E-state index in [1.165, 1.54) is 12.0 Å². The third-order valence-corrected chi connectivity index (χ3v) is 4.32. The van der Waals surface area contributed by atoms with E-state index in [1.807, 2.05) is 0 Å². The fourth-order valence-electron chi connectivity index (χ4n) is 2.77. The Kier molecular flexibility index (Phi) is 4.87. The summed E-state index contributed by atoms with van der Waals surface area (Å²) in [6, 6.07) is 3.25. The Balaban J connectivity index is 2.12. The van der Waals surface area contributed by atoms with Gasteiger partial charge in [-0.2, -0.15) is 0 Å². The highest BCUT2D eigenvalue weighted by molar-refractivity contribution is 6.37. The quantitative estimate of drug-likeness (QED) is 0.872. The average Bonchev–Trinajstić information content (AvgIpc) is 2.97. The Morgan fingerprint density at radius 3 is 2.76 bits per heavy atom. The number of hydrogen-bond acceptors (Lipinski definition) is 6. The predicted octanol–water partition coefficient (Wildman–Crippen LogP) is 3.51. The van der Waals surface area contributed by atoms with Crippen molar-refractivity contribution in [3.05, 3.63) is 33.4 Å². The average molecular weight is 383 g/mol. The lowest BCUT2D eigenvalue weighted by Gasteiger charge is -2.15. The van der Waals surface area contributed by atoms with E-state index in [9.17, 15) is 4.79 Å². The topological polar surface area (TPSA) is 90.6 Å². The summed E-state index contributed by atoms with van der Waals surface area (Å²) in [4.78, 5) is 22.1. The van der Waals surface area contributed by atoms with Crippen molar-refractivity contribution < 1.29 is 14.3 Å². The van der Waals surface area contributed by atoms with Gasteiger partial charge in [0, 0.05) is 10.6 Å². The summed E-state index contributed by atoms with van der Waals surface area (Å²) in [5, 5.41) is 0.816. The lowest BCUT2D eigenvalue weighted by molar-refractivity contribution is 0.106. The molecule has 0 aliphatic carbocycles. The van der Waals surface area contributed by atoms with Crippen LogP contribution in [0.3, 0.4) is 0 Å². The summed E-state index contributed by atoms with van der Waals surface area (Å²) >= 11 is 12.4. The minimum absolute atomic E-state index is 0.0903. The van der Waals surface area contributed by atoms with Crippen LogP contribution < -0.4 is 10.5 Å². The number of nitrogens with zero attached hydrogens (tertiary/aromatic N) is 3. The van der Waals surface area contributed by atoms with Crippen molar-refractivity contribution in [2.45, 2.75) is 20.0 Å². The minimum atomic E-state index is -0.417. The van der Waals surface area contributed by atoms with E-state index >= 15 is 0 Å². The largest absolute Gasteiger partial charge is 0.496 e. The van der Waals surface area contributed by atoms with Crippen LogP contribution in [0.1, 0.15) is 18.2 Å². The molecule has 1 amide bonds. The number of methoxy groups -OCH3 is 1. The van der Waals surface area contributed by atoms with Crippen molar-refractivity contribution in [2.24, 2.45) is 0 Å². The molecule has 7 nitrogen and oxygen atoms in total.